The second kappa shape index (κ2) is 6.55. The number of benzene rings is 1. The number of hydrogen-bond donors (Lipinski definition) is 2. The summed E-state index contributed by atoms with van der Waals surface area (Å²) in [6, 6.07) is 4.52. The van der Waals surface area contributed by atoms with Gasteiger partial charge in [0.25, 0.3) is 0 Å². The van der Waals surface area contributed by atoms with Gasteiger partial charge in [-0.05, 0) is 24.6 Å². The highest BCUT2D eigenvalue weighted by molar-refractivity contribution is 7.09. The van der Waals surface area contributed by atoms with E-state index in [0.29, 0.717) is 5.56 Å². The quantitative estimate of drug-likeness (QED) is 0.887. The molecule has 0 bridgehead atoms. The first kappa shape index (κ1) is 15.9. The Hall–Kier alpha value is -1.44. The average molecular weight is 316 g/mol. The fourth-order valence-electron chi connectivity index (χ4n) is 1.84. The van der Waals surface area contributed by atoms with E-state index in [2.05, 4.69) is 10.3 Å². The van der Waals surface area contributed by atoms with E-state index < -0.39 is 17.8 Å². The minimum atomic E-state index is -4.36. The molecule has 0 radical (unpaired) electrons. The van der Waals surface area contributed by atoms with Gasteiger partial charge in [-0.3, -0.25) is 0 Å². The highest BCUT2D eigenvalue weighted by atomic mass is 32.1. The van der Waals surface area contributed by atoms with Crippen LogP contribution in [0.4, 0.5) is 13.2 Å². The van der Waals surface area contributed by atoms with E-state index in [4.69, 9.17) is 0 Å². The second-order valence-electron chi connectivity index (χ2n) is 4.64. The second-order valence-corrected chi connectivity index (χ2v) is 5.56. The molecule has 1 aromatic carbocycles. The molecule has 0 fully saturated rings. The van der Waals surface area contributed by atoms with Gasteiger partial charge in [-0.2, -0.15) is 13.2 Å². The average Bonchev–Trinajstić information content (AvgIpc) is 2.98. The summed E-state index contributed by atoms with van der Waals surface area (Å²) >= 11 is 1.50. The molecule has 0 saturated carbocycles. The lowest BCUT2D eigenvalue weighted by molar-refractivity contribution is -0.137. The molecule has 0 amide bonds. The number of nitrogens with zero attached hydrogens (tertiary/aromatic N) is 1. The van der Waals surface area contributed by atoms with E-state index in [1.165, 1.54) is 23.5 Å². The fourth-order valence-corrected chi connectivity index (χ4v) is 2.51. The molecule has 1 heterocycles. The van der Waals surface area contributed by atoms with Crippen LogP contribution in [0.5, 0.6) is 0 Å². The van der Waals surface area contributed by atoms with Gasteiger partial charge in [-0.15, -0.1) is 11.3 Å². The summed E-state index contributed by atoms with van der Waals surface area (Å²) in [7, 11) is 0. The lowest BCUT2D eigenvalue weighted by Gasteiger charge is -2.16. The fraction of sp³-hybridized carbons (Fsp3) is 0.357. The summed E-state index contributed by atoms with van der Waals surface area (Å²) in [6.45, 7) is 2.16. The van der Waals surface area contributed by atoms with Crippen molar-refractivity contribution in [2.75, 3.05) is 6.54 Å². The summed E-state index contributed by atoms with van der Waals surface area (Å²) in [5.41, 5.74) is -0.274. The van der Waals surface area contributed by atoms with Gasteiger partial charge in [-0.1, -0.05) is 12.1 Å². The van der Waals surface area contributed by atoms with Crippen molar-refractivity contribution in [3.63, 3.8) is 0 Å². The predicted octanol–water partition coefficient (Wildman–Crippen LogP) is 3.55. The zero-order chi connectivity index (χ0) is 15.5. The van der Waals surface area contributed by atoms with E-state index in [1.54, 1.807) is 6.20 Å². The van der Waals surface area contributed by atoms with E-state index in [9.17, 15) is 18.3 Å². The molecule has 0 saturated heterocycles. The van der Waals surface area contributed by atoms with Crippen LogP contribution in [0.1, 0.15) is 35.2 Å². The lowest BCUT2D eigenvalue weighted by Crippen LogP contribution is -2.24. The maximum atomic E-state index is 12.5. The van der Waals surface area contributed by atoms with Gasteiger partial charge in [0.15, 0.2) is 0 Å². The number of alkyl halides is 3. The molecule has 3 nitrogen and oxygen atoms in total. The van der Waals surface area contributed by atoms with Crippen LogP contribution < -0.4 is 5.32 Å². The third kappa shape index (κ3) is 4.26. The van der Waals surface area contributed by atoms with Gasteiger partial charge < -0.3 is 10.4 Å². The van der Waals surface area contributed by atoms with Crippen molar-refractivity contribution in [1.29, 1.82) is 0 Å². The monoisotopic (exact) mass is 316 g/mol. The van der Waals surface area contributed by atoms with Gasteiger partial charge in [0.1, 0.15) is 5.01 Å². The molecule has 1 aromatic heterocycles. The summed E-state index contributed by atoms with van der Waals surface area (Å²) < 4.78 is 37.4. The van der Waals surface area contributed by atoms with Gasteiger partial charge in [0, 0.05) is 18.1 Å². The molecule has 2 rings (SSSR count). The highest BCUT2D eigenvalue weighted by Gasteiger charge is 2.30. The molecule has 0 aliphatic heterocycles. The number of thiazole rings is 1. The number of rotatable bonds is 5. The molecule has 7 heteroatoms. The molecule has 0 aliphatic rings. The molecule has 0 spiro atoms. The first-order valence-corrected chi connectivity index (χ1v) is 7.24. The predicted molar refractivity (Wildman–Crippen MR) is 74.9 cm³/mol. The molecule has 114 valence electrons. The number of aromatic nitrogens is 1. The zero-order valence-corrected chi connectivity index (χ0v) is 12.1. The van der Waals surface area contributed by atoms with Crippen molar-refractivity contribution in [1.82, 2.24) is 10.3 Å². The van der Waals surface area contributed by atoms with Crippen molar-refractivity contribution in [3.8, 4) is 0 Å². The van der Waals surface area contributed by atoms with Gasteiger partial charge in [0.2, 0.25) is 0 Å². The maximum absolute atomic E-state index is 12.5. The SMILES string of the molecule is CC(NCC(O)c1ccc(C(F)(F)F)cc1)c1nccs1. The smallest absolute Gasteiger partial charge is 0.387 e. The summed E-state index contributed by atoms with van der Waals surface area (Å²) in [5.74, 6) is 0. The molecule has 0 aliphatic carbocycles. The Morgan fingerprint density at radius 1 is 1.29 bits per heavy atom. The topological polar surface area (TPSA) is 45.1 Å². The van der Waals surface area contributed by atoms with Crippen molar-refractivity contribution < 1.29 is 18.3 Å². The minimum absolute atomic E-state index is 0.0194. The zero-order valence-electron chi connectivity index (χ0n) is 11.3. The lowest BCUT2D eigenvalue weighted by atomic mass is 10.1. The van der Waals surface area contributed by atoms with Crippen LogP contribution in [0.15, 0.2) is 35.8 Å². The van der Waals surface area contributed by atoms with E-state index >= 15 is 0 Å². The van der Waals surface area contributed by atoms with Crippen LogP contribution in [0.2, 0.25) is 0 Å². The number of aliphatic hydroxyl groups is 1. The minimum Gasteiger partial charge on any atom is -0.387 e. The third-order valence-electron chi connectivity index (χ3n) is 3.06. The molecule has 2 unspecified atom stereocenters. The Balaban J connectivity index is 1.93. The van der Waals surface area contributed by atoms with Crippen LogP contribution in [-0.4, -0.2) is 16.6 Å². The first-order chi connectivity index (χ1) is 9.88. The molecular formula is C14H15F3N2OS. The van der Waals surface area contributed by atoms with Gasteiger partial charge in [0.05, 0.1) is 17.7 Å². The van der Waals surface area contributed by atoms with Crippen LogP contribution >= 0.6 is 11.3 Å². The summed E-state index contributed by atoms with van der Waals surface area (Å²) in [6.07, 6.45) is -3.53. The largest absolute Gasteiger partial charge is 0.416 e. The van der Waals surface area contributed by atoms with Crippen molar-refractivity contribution in [2.24, 2.45) is 0 Å². The number of halogens is 3. The van der Waals surface area contributed by atoms with Crippen LogP contribution in [0.25, 0.3) is 0 Å². The first-order valence-electron chi connectivity index (χ1n) is 6.36. The Bertz CT molecular complexity index is 555. The van der Waals surface area contributed by atoms with Crippen molar-refractivity contribution in [3.05, 3.63) is 52.0 Å². The Morgan fingerprint density at radius 3 is 2.48 bits per heavy atom. The number of nitrogens with one attached hydrogen (secondary N) is 1. The Morgan fingerprint density at radius 2 is 1.95 bits per heavy atom. The van der Waals surface area contributed by atoms with E-state index in [1.807, 2.05) is 12.3 Å². The number of aliphatic hydroxyl groups excluding tert-OH is 1. The van der Waals surface area contributed by atoms with E-state index in [-0.39, 0.29) is 12.6 Å². The van der Waals surface area contributed by atoms with Crippen LogP contribution in [0, 0.1) is 0 Å². The summed E-state index contributed by atoms with van der Waals surface area (Å²) in [4.78, 5) is 4.15. The van der Waals surface area contributed by atoms with Crippen LogP contribution in [-0.2, 0) is 6.18 Å². The molecule has 21 heavy (non-hydrogen) atoms. The van der Waals surface area contributed by atoms with Gasteiger partial charge in [-0.25, -0.2) is 4.98 Å². The number of hydrogen-bond acceptors (Lipinski definition) is 4. The van der Waals surface area contributed by atoms with Crippen molar-refractivity contribution in [2.45, 2.75) is 25.2 Å². The van der Waals surface area contributed by atoms with E-state index in [0.717, 1.165) is 17.1 Å². The molecule has 2 aromatic rings. The Labute approximate surface area is 124 Å². The normalized spacial score (nSPS) is 14.9. The highest BCUT2D eigenvalue weighted by Crippen LogP contribution is 2.29. The molecule has 2 atom stereocenters. The molecular weight excluding hydrogens is 301 g/mol. The molecule has 2 N–H and O–H groups in total. The maximum Gasteiger partial charge on any atom is 0.416 e. The van der Waals surface area contributed by atoms with Crippen LogP contribution in [0.3, 0.4) is 0 Å². The van der Waals surface area contributed by atoms with Gasteiger partial charge >= 0.3 is 6.18 Å². The standard InChI is InChI=1S/C14H15F3N2OS/c1-9(13-18-6-7-21-13)19-8-12(20)10-2-4-11(5-3-10)14(15,16)17/h2-7,9,12,19-20H,8H2,1H3. The summed E-state index contributed by atoms with van der Waals surface area (Å²) in [5, 5.41) is 15.9. The third-order valence-corrected chi connectivity index (χ3v) is 4.02. The van der Waals surface area contributed by atoms with Crippen molar-refractivity contribution >= 4 is 11.3 Å². The Kier molecular flexibility index (Phi) is 4.97.